The van der Waals surface area contributed by atoms with E-state index in [2.05, 4.69) is 11.9 Å². The summed E-state index contributed by atoms with van der Waals surface area (Å²) in [6, 6.07) is 4.01. The predicted molar refractivity (Wildman–Crippen MR) is 56.8 cm³/mol. The Hall–Kier alpha value is -2.30. The molecule has 0 atom stereocenters. The van der Waals surface area contributed by atoms with E-state index in [1.54, 1.807) is 0 Å². The van der Waals surface area contributed by atoms with Crippen molar-refractivity contribution in [3.8, 4) is 11.5 Å². The first-order valence-corrected chi connectivity index (χ1v) is 4.50. The summed E-state index contributed by atoms with van der Waals surface area (Å²) in [7, 11) is 0. The minimum Gasteiger partial charge on any atom is -0.504 e. The predicted octanol–water partition coefficient (Wildman–Crippen LogP) is 0.469. The zero-order valence-electron chi connectivity index (χ0n) is 8.43. The third kappa shape index (κ3) is 3.13. The smallest absolute Gasteiger partial charge is 0.249 e. The second kappa shape index (κ2) is 4.97. The van der Waals surface area contributed by atoms with Crippen molar-refractivity contribution in [3.05, 3.63) is 36.4 Å². The van der Waals surface area contributed by atoms with Gasteiger partial charge < -0.3 is 10.2 Å². The van der Waals surface area contributed by atoms with Crippen LogP contribution in [-0.2, 0) is 16.0 Å². The lowest BCUT2D eigenvalue weighted by Gasteiger charge is -2.03. The Kier molecular flexibility index (Phi) is 3.66. The van der Waals surface area contributed by atoms with Gasteiger partial charge in [0, 0.05) is 0 Å². The number of hydrogen-bond donors (Lipinski definition) is 3. The molecule has 5 heteroatoms. The fraction of sp³-hybridized carbons (Fsp3) is 0.0909. The molecule has 0 aliphatic carbocycles. The molecule has 0 aliphatic rings. The molecule has 2 amide bonds. The maximum absolute atomic E-state index is 11.3. The molecule has 0 radical (unpaired) electrons. The maximum Gasteiger partial charge on any atom is 0.249 e. The second-order valence-electron chi connectivity index (χ2n) is 3.12. The highest BCUT2D eigenvalue weighted by atomic mass is 16.3. The molecule has 0 aromatic heterocycles. The average molecular weight is 221 g/mol. The van der Waals surface area contributed by atoms with Gasteiger partial charge in [0.1, 0.15) is 0 Å². The molecule has 16 heavy (non-hydrogen) atoms. The quantitative estimate of drug-likeness (QED) is 0.511. The van der Waals surface area contributed by atoms with Gasteiger partial charge in [0.2, 0.25) is 11.8 Å². The van der Waals surface area contributed by atoms with Crippen LogP contribution in [0.25, 0.3) is 0 Å². The number of carbonyl (C=O) groups is 2. The molecule has 1 aromatic carbocycles. The summed E-state index contributed by atoms with van der Waals surface area (Å²) >= 11 is 0. The highest BCUT2D eigenvalue weighted by Gasteiger charge is 2.07. The van der Waals surface area contributed by atoms with E-state index in [1.165, 1.54) is 18.2 Å². The Morgan fingerprint density at radius 3 is 2.56 bits per heavy atom. The van der Waals surface area contributed by atoms with E-state index in [0.717, 1.165) is 6.08 Å². The minimum atomic E-state index is -0.576. The molecule has 84 valence electrons. The molecule has 3 N–H and O–H groups in total. The standard InChI is InChI=1S/C11H11NO4/c1-2-10(15)12-11(16)6-7-3-4-8(13)9(14)5-7/h2-5,13-14H,1,6H2,(H,12,15,16). The van der Waals surface area contributed by atoms with Crippen molar-refractivity contribution in [1.82, 2.24) is 5.32 Å². The van der Waals surface area contributed by atoms with Crippen molar-refractivity contribution in [2.75, 3.05) is 0 Å². The van der Waals surface area contributed by atoms with Crippen LogP contribution in [-0.4, -0.2) is 22.0 Å². The fourth-order valence-electron chi connectivity index (χ4n) is 1.10. The Morgan fingerprint density at radius 1 is 1.31 bits per heavy atom. The topological polar surface area (TPSA) is 86.6 Å². The van der Waals surface area contributed by atoms with Gasteiger partial charge in [-0.2, -0.15) is 0 Å². The SMILES string of the molecule is C=CC(=O)NC(=O)Cc1ccc(O)c(O)c1. The minimum absolute atomic E-state index is 0.0621. The summed E-state index contributed by atoms with van der Waals surface area (Å²) in [5, 5.41) is 20.3. The maximum atomic E-state index is 11.3. The number of nitrogens with one attached hydrogen (secondary N) is 1. The van der Waals surface area contributed by atoms with E-state index in [4.69, 9.17) is 5.11 Å². The van der Waals surface area contributed by atoms with E-state index >= 15 is 0 Å². The number of phenols is 2. The molecule has 5 nitrogen and oxygen atoms in total. The molecule has 0 unspecified atom stereocenters. The number of benzene rings is 1. The first-order valence-electron chi connectivity index (χ1n) is 4.50. The lowest BCUT2D eigenvalue weighted by Crippen LogP contribution is -2.29. The summed E-state index contributed by atoms with van der Waals surface area (Å²) in [6.45, 7) is 3.21. The van der Waals surface area contributed by atoms with Crippen LogP contribution in [0.3, 0.4) is 0 Å². The van der Waals surface area contributed by atoms with Crippen molar-refractivity contribution in [3.63, 3.8) is 0 Å². The van der Waals surface area contributed by atoms with Crippen molar-refractivity contribution in [2.45, 2.75) is 6.42 Å². The van der Waals surface area contributed by atoms with Crippen LogP contribution in [0.4, 0.5) is 0 Å². The number of phenolic OH excluding ortho intramolecular Hbond substituents is 2. The molecule has 0 heterocycles. The van der Waals surface area contributed by atoms with E-state index in [9.17, 15) is 14.7 Å². The van der Waals surface area contributed by atoms with E-state index in [0.29, 0.717) is 5.56 Å². The molecule has 1 aromatic rings. The molecule has 0 bridgehead atoms. The largest absolute Gasteiger partial charge is 0.504 e. The Labute approximate surface area is 92.0 Å². The van der Waals surface area contributed by atoms with E-state index < -0.39 is 11.8 Å². The fourth-order valence-corrected chi connectivity index (χ4v) is 1.10. The molecule has 0 spiro atoms. The molecular weight excluding hydrogens is 210 g/mol. The Morgan fingerprint density at radius 2 is 2.00 bits per heavy atom. The van der Waals surface area contributed by atoms with Crippen LogP contribution < -0.4 is 5.32 Å². The number of aromatic hydroxyl groups is 2. The number of imide groups is 1. The highest BCUT2D eigenvalue weighted by molar-refractivity contribution is 6.01. The Bertz CT molecular complexity index is 440. The molecule has 0 saturated carbocycles. The van der Waals surface area contributed by atoms with E-state index in [-0.39, 0.29) is 17.9 Å². The van der Waals surface area contributed by atoms with Gasteiger partial charge in [-0.25, -0.2) is 0 Å². The van der Waals surface area contributed by atoms with Crippen LogP contribution in [0.5, 0.6) is 11.5 Å². The van der Waals surface area contributed by atoms with Gasteiger partial charge in [-0.15, -0.1) is 0 Å². The first-order chi connectivity index (χ1) is 7.52. The average Bonchev–Trinajstić information content (AvgIpc) is 2.23. The molecule has 0 fully saturated rings. The van der Waals surface area contributed by atoms with Crippen molar-refractivity contribution in [2.24, 2.45) is 0 Å². The molecular formula is C11H11NO4. The van der Waals surface area contributed by atoms with Gasteiger partial charge in [0.15, 0.2) is 11.5 Å². The van der Waals surface area contributed by atoms with Crippen molar-refractivity contribution in [1.29, 1.82) is 0 Å². The third-order valence-electron chi connectivity index (χ3n) is 1.85. The third-order valence-corrected chi connectivity index (χ3v) is 1.85. The zero-order chi connectivity index (χ0) is 12.1. The van der Waals surface area contributed by atoms with Gasteiger partial charge in [0.05, 0.1) is 6.42 Å². The summed E-state index contributed by atoms with van der Waals surface area (Å²) in [6.07, 6.45) is 0.930. The van der Waals surface area contributed by atoms with Gasteiger partial charge in [0.25, 0.3) is 0 Å². The van der Waals surface area contributed by atoms with Crippen LogP contribution in [0.2, 0.25) is 0 Å². The Balaban J connectivity index is 2.66. The van der Waals surface area contributed by atoms with Crippen LogP contribution in [0, 0.1) is 0 Å². The zero-order valence-corrected chi connectivity index (χ0v) is 8.43. The number of amides is 2. The summed E-state index contributed by atoms with van der Waals surface area (Å²) in [5.74, 6) is -1.64. The van der Waals surface area contributed by atoms with Crippen LogP contribution in [0.1, 0.15) is 5.56 Å². The molecule has 1 rings (SSSR count). The van der Waals surface area contributed by atoms with Crippen LogP contribution >= 0.6 is 0 Å². The lowest BCUT2D eigenvalue weighted by molar-refractivity contribution is -0.127. The van der Waals surface area contributed by atoms with Gasteiger partial charge in [-0.05, 0) is 23.8 Å². The van der Waals surface area contributed by atoms with Gasteiger partial charge in [-0.1, -0.05) is 12.6 Å². The first kappa shape index (κ1) is 11.8. The summed E-state index contributed by atoms with van der Waals surface area (Å²) in [4.78, 5) is 22.0. The normalized spacial score (nSPS) is 9.50. The second-order valence-corrected chi connectivity index (χ2v) is 3.12. The van der Waals surface area contributed by atoms with Crippen molar-refractivity contribution < 1.29 is 19.8 Å². The van der Waals surface area contributed by atoms with Crippen molar-refractivity contribution >= 4 is 11.8 Å². The number of hydrogen-bond acceptors (Lipinski definition) is 4. The van der Waals surface area contributed by atoms with E-state index in [1.807, 2.05) is 0 Å². The lowest BCUT2D eigenvalue weighted by atomic mass is 10.1. The van der Waals surface area contributed by atoms with Gasteiger partial charge in [-0.3, -0.25) is 14.9 Å². The molecule has 0 aliphatic heterocycles. The van der Waals surface area contributed by atoms with Gasteiger partial charge >= 0.3 is 0 Å². The summed E-state index contributed by atoms with van der Waals surface area (Å²) in [5.41, 5.74) is 0.490. The highest BCUT2D eigenvalue weighted by Crippen LogP contribution is 2.24. The summed E-state index contributed by atoms with van der Waals surface area (Å²) < 4.78 is 0. The number of rotatable bonds is 3. The molecule has 0 saturated heterocycles. The van der Waals surface area contributed by atoms with Crippen LogP contribution in [0.15, 0.2) is 30.9 Å². The monoisotopic (exact) mass is 221 g/mol. The number of carbonyl (C=O) groups excluding carboxylic acids is 2.